The summed E-state index contributed by atoms with van der Waals surface area (Å²) in [4.78, 5) is 2.27. The first kappa shape index (κ1) is 15.3. The van der Waals surface area contributed by atoms with Gasteiger partial charge in [-0.05, 0) is 50.0 Å². The van der Waals surface area contributed by atoms with Crippen molar-refractivity contribution in [2.24, 2.45) is 11.7 Å². The minimum absolute atomic E-state index is 0. The van der Waals surface area contributed by atoms with Crippen molar-refractivity contribution in [2.75, 3.05) is 19.6 Å². The van der Waals surface area contributed by atoms with Crippen LogP contribution in [-0.4, -0.2) is 24.5 Å². The zero-order chi connectivity index (χ0) is 12.4. The van der Waals surface area contributed by atoms with Crippen LogP contribution in [0.1, 0.15) is 24.9 Å². The monoisotopic (exact) mass is 276 g/mol. The molecule has 2 atom stereocenters. The van der Waals surface area contributed by atoms with Crippen LogP contribution in [0.25, 0.3) is 0 Å². The molecule has 2 N–H and O–H groups in total. The van der Waals surface area contributed by atoms with E-state index in [0.717, 1.165) is 25.1 Å². The maximum atomic E-state index is 13.2. The SMILES string of the molecule is CC(c1ccc(F)c(F)c1)N1CCC(CN)C1.Cl. The third-order valence-electron chi connectivity index (χ3n) is 3.62. The van der Waals surface area contributed by atoms with E-state index >= 15 is 0 Å². The van der Waals surface area contributed by atoms with Crippen LogP contribution in [0.4, 0.5) is 8.78 Å². The number of benzene rings is 1. The van der Waals surface area contributed by atoms with Crippen molar-refractivity contribution < 1.29 is 8.78 Å². The highest BCUT2D eigenvalue weighted by molar-refractivity contribution is 5.85. The topological polar surface area (TPSA) is 29.3 Å². The van der Waals surface area contributed by atoms with Gasteiger partial charge in [-0.3, -0.25) is 4.90 Å². The first-order chi connectivity index (χ1) is 8.11. The summed E-state index contributed by atoms with van der Waals surface area (Å²) in [6.45, 7) is 4.63. The van der Waals surface area contributed by atoms with Crippen molar-refractivity contribution in [2.45, 2.75) is 19.4 Å². The predicted molar refractivity (Wildman–Crippen MR) is 70.8 cm³/mol. The molecule has 0 radical (unpaired) electrons. The standard InChI is InChI=1S/C13H18F2N2.ClH/c1-9(17-5-4-10(7-16)8-17)11-2-3-12(14)13(15)6-11;/h2-3,6,9-10H,4-5,7-8,16H2,1H3;1H. The second-order valence-electron chi connectivity index (χ2n) is 4.73. The van der Waals surface area contributed by atoms with Crippen LogP contribution in [-0.2, 0) is 0 Å². The molecular formula is C13H19ClF2N2. The molecule has 1 heterocycles. The Bertz CT molecular complexity index is 401. The summed E-state index contributed by atoms with van der Waals surface area (Å²) in [5.74, 6) is -1.03. The van der Waals surface area contributed by atoms with Gasteiger partial charge in [0.2, 0.25) is 0 Å². The van der Waals surface area contributed by atoms with Gasteiger partial charge in [0, 0.05) is 12.6 Å². The minimum atomic E-state index is -0.790. The fourth-order valence-corrected chi connectivity index (χ4v) is 2.39. The number of hydrogen-bond acceptors (Lipinski definition) is 2. The lowest BCUT2D eigenvalue weighted by Gasteiger charge is -2.24. The maximum Gasteiger partial charge on any atom is 0.159 e. The fourth-order valence-electron chi connectivity index (χ4n) is 2.39. The van der Waals surface area contributed by atoms with Gasteiger partial charge < -0.3 is 5.73 Å². The van der Waals surface area contributed by atoms with Gasteiger partial charge in [0.25, 0.3) is 0 Å². The van der Waals surface area contributed by atoms with Gasteiger partial charge in [-0.25, -0.2) is 8.78 Å². The number of rotatable bonds is 3. The molecule has 1 fully saturated rings. The fraction of sp³-hybridized carbons (Fsp3) is 0.538. The molecule has 2 unspecified atom stereocenters. The molecule has 2 nitrogen and oxygen atoms in total. The molecular weight excluding hydrogens is 258 g/mol. The van der Waals surface area contributed by atoms with Gasteiger partial charge in [-0.2, -0.15) is 0 Å². The molecule has 1 aliphatic heterocycles. The summed E-state index contributed by atoms with van der Waals surface area (Å²) in [6.07, 6.45) is 1.09. The molecule has 1 aliphatic rings. The average Bonchev–Trinajstić information content (AvgIpc) is 2.80. The van der Waals surface area contributed by atoms with E-state index in [1.165, 1.54) is 12.1 Å². The van der Waals surface area contributed by atoms with E-state index in [1.54, 1.807) is 6.07 Å². The summed E-state index contributed by atoms with van der Waals surface area (Å²) in [5, 5.41) is 0. The smallest absolute Gasteiger partial charge is 0.159 e. The van der Waals surface area contributed by atoms with Crippen LogP contribution < -0.4 is 5.73 Å². The Labute approximate surface area is 113 Å². The van der Waals surface area contributed by atoms with Crippen molar-refractivity contribution in [3.05, 3.63) is 35.4 Å². The third kappa shape index (κ3) is 3.19. The molecule has 0 bridgehead atoms. The number of hydrogen-bond donors (Lipinski definition) is 1. The molecule has 0 amide bonds. The van der Waals surface area contributed by atoms with Crippen LogP contribution in [0.2, 0.25) is 0 Å². The van der Waals surface area contributed by atoms with Gasteiger partial charge in [0.05, 0.1) is 0 Å². The van der Waals surface area contributed by atoms with Gasteiger partial charge in [-0.15, -0.1) is 12.4 Å². The largest absolute Gasteiger partial charge is 0.330 e. The van der Waals surface area contributed by atoms with E-state index in [0.29, 0.717) is 12.5 Å². The summed E-state index contributed by atoms with van der Waals surface area (Å²) >= 11 is 0. The molecule has 102 valence electrons. The molecule has 0 aliphatic carbocycles. The molecule has 1 saturated heterocycles. The number of nitrogens with two attached hydrogens (primary N) is 1. The van der Waals surface area contributed by atoms with Crippen LogP contribution in [0.3, 0.4) is 0 Å². The maximum absolute atomic E-state index is 13.2. The van der Waals surface area contributed by atoms with E-state index in [9.17, 15) is 8.78 Å². The Kier molecular flexibility index (Phi) is 5.50. The van der Waals surface area contributed by atoms with Gasteiger partial charge in [-0.1, -0.05) is 6.07 Å². The highest BCUT2D eigenvalue weighted by Crippen LogP contribution is 2.27. The second kappa shape index (κ2) is 6.45. The third-order valence-corrected chi connectivity index (χ3v) is 3.62. The Hall–Kier alpha value is -0.710. The molecule has 18 heavy (non-hydrogen) atoms. The molecule has 5 heteroatoms. The van der Waals surface area contributed by atoms with E-state index in [4.69, 9.17) is 5.73 Å². The molecule has 0 aromatic heterocycles. The minimum Gasteiger partial charge on any atom is -0.330 e. The number of nitrogens with zero attached hydrogens (tertiary/aromatic N) is 1. The quantitative estimate of drug-likeness (QED) is 0.920. The van der Waals surface area contributed by atoms with Crippen molar-refractivity contribution in [1.82, 2.24) is 4.90 Å². The van der Waals surface area contributed by atoms with E-state index < -0.39 is 11.6 Å². The lowest BCUT2D eigenvalue weighted by molar-refractivity contribution is 0.253. The Morgan fingerprint density at radius 1 is 1.39 bits per heavy atom. The van der Waals surface area contributed by atoms with Crippen LogP contribution in [0.5, 0.6) is 0 Å². The van der Waals surface area contributed by atoms with Crippen LogP contribution in [0, 0.1) is 17.6 Å². The zero-order valence-electron chi connectivity index (χ0n) is 10.4. The lowest BCUT2D eigenvalue weighted by atomic mass is 10.1. The molecule has 2 rings (SSSR count). The summed E-state index contributed by atoms with van der Waals surface area (Å²) < 4.78 is 26.0. The van der Waals surface area contributed by atoms with Gasteiger partial charge >= 0.3 is 0 Å². The van der Waals surface area contributed by atoms with Crippen molar-refractivity contribution >= 4 is 12.4 Å². The van der Waals surface area contributed by atoms with Gasteiger partial charge in [0.15, 0.2) is 11.6 Å². The second-order valence-corrected chi connectivity index (χ2v) is 4.73. The predicted octanol–water partition coefficient (Wildman–Crippen LogP) is 2.73. The van der Waals surface area contributed by atoms with Crippen LogP contribution in [0.15, 0.2) is 18.2 Å². The molecule has 0 saturated carbocycles. The van der Waals surface area contributed by atoms with Crippen molar-refractivity contribution in [1.29, 1.82) is 0 Å². The summed E-state index contributed by atoms with van der Waals surface area (Å²) in [6, 6.07) is 4.24. The lowest BCUT2D eigenvalue weighted by Crippen LogP contribution is -2.26. The first-order valence-electron chi connectivity index (χ1n) is 6.01. The normalized spacial score (nSPS) is 21.7. The summed E-state index contributed by atoms with van der Waals surface area (Å²) in [5.41, 5.74) is 6.46. The Balaban J connectivity index is 0.00000162. The van der Waals surface area contributed by atoms with E-state index in [2.05, 4.69) is 4.90 Å². The summed E-state index contributed by atoms with van der Waals surface area (Å²) in [7, 11) is 0. The molecule has 1 aromatic rings. The number of halogens is 3. The molecule has 1 aromatic carbocycles. The zero-order valence-corrected chi connectivity index (χ0v) is 11.2. The van der Waals surface area contributed by atoms with Gasteiger partial charge in [0.1, 0.15) is 0 Å². The average molecular weight is 277 g/mol. The van der Waals surface area contributed by atoms with Crippen molar-refractivity contribution in [3.63, 3.8) is 0 Å². The van der Waals surface area contributed by atoms with Crippen molar-refractivity contribution in [3.8, 4) is 0 Å². The highest BCUT2D eigenvalue weighted by Gasteiger charge is 2.26. The highest BCUT2D eigenvalue weighted by atomic mass is 35.5. The Morgan fingerprint density at radius 3 is 2.67 bits per heavy atom. The Morgan fingerprint density at radius 2 is 2.11 bits per heavy atom. The van der Waals surface area contributed by atoms with E-state index in [1.807, 2.05) is 6.92 Å². The molecule has 0 spiro atoms. The van der Waals surface area contributed by atoms with E-state index in [-0.39, 0.29) is 18.4 Å². The number of likely N-dealkylation sites (tertiary alicyclic amines) is 1. The first-order valence-corrected chi connectivity index (χ1v) is 6.01. The van der Waals surface area contributed by atoms with Crippen LogP contribution >= 0.6 is 12.4 Å².